The maximum Gasteiger partial charge on any atom is 0.307 e. The molecule has 0 heterocycles. The molecule has 5 nitrogen and oxygen atoms in total. The third kappa shape index (κ3) is 6.28. The lowest BCUT2D eigenvalue weighted by Crippen LogP contribution is -2.41. The van der Waals surface area contributed by atoms with Gasteiger partial charge in [0, 0.05) is 18.1 Å². The third-order valence-electron chi connectivity index (χ3n) is 3.13. The topological polar surface area (TPSA) is 55.8 Å². The molecule has 1 rings (SSSR count). The van der Waals surface area contributed by atoms with Gasteiger partial charge in [0.1, 0.15) is 5.75 Å². The smallest absolute Gasteiger partial charge is 0.307 e. The van der Waals surface area contributed by atoms with E-state index in [2.05, 4.69) is 0 Å². The molecule has 0 bridgehead atoms. The minimum Gasteiger partial charge on any atom is -0.479 e. The van der Waals surface area contributed by atoms with E-state index >= 15 is 0 Å². The van der Waals surface area contributed by atoms with Crippen LogP contribution in [-0.4, -0.2) is 42.6 Å². The van der Waals surface area contributed by atoms with Gasteiger partial charge in [0.25, 0.3) is 5.91 Å². The summed E-state index contributed by atoms with van der Waals surface area (Å²) in [5, 5.41) is 0.831. The van der Waals surface area contributed by atoms with Gasteiger partial charge >= 0.3 is 5.97 Å². The molecule has 7 heteroatoms. The molecule has 23 heavy (non-hydrogen) atoms. The molecule has 0 radical (unpaired) electrons. The van der Waals surface area contributed by atoms with Crippen LogP contribution >= 0.6 is 23.2 Å². The molecule has 1 aromatic carbocycles. The fourth-order valence-corrected chi connectivity index (χ4v) is 2.41. The molecule has 128 valence electrons. The van der Waals surface area contributed by atoms with Crippen molar-refractivity contribution in [3.63, 3.8) is 0 Å². The summed E-state index contributed by atoms with van der Waals surface area (Å²) in [5.41, 5.74) is 0. The average Bonchev–Trinajstić information content (AvgIpc) is 2.50. The number of esters is 1. The number of carbonyl (C=O) groups excluding carboxylic acids is 2. The van der Waals surface area contributed by atoms with E-state index in [-0.39, 0.29) is 24.8 Å². The average molecular weight is 362 g/mol. The summed E-state index contributed by atoms with van der Waals surface area (Å²) in [5.74, 6) is -0.158. The zero-order valence-electron chi connectivity index (χ0n) is 13.5. The highest BCUT2D eigenvalue weighted by atomic mass is 35.5. The predicted octanol–water partition coefficient (Wildman–Crippen LogP) is 3.56. The summed E-state index contributed by atoms with van der Waals surface area (Å²) in [6.45, 7) is 6.31. The lowest BCUT2D eigenvalue weighted by atomic mass is 10.3. The molecule has 0 aliphatic carbocycles. The Labute approximate surface area is 146 Å². The Morgan fingerprint density at radius 1 is 1.26 bits per heavy atom. The monoisotopic (exact) mass is 361 g/mol. The molecule has 1 amide bonds. The lowest BCUT2D eigenvalue weighted by molar-refractivity contribution is -0.145. The lowest BCUT2D eigenvalue weighted by Gasteiger charge is -2.24. The molecular formula is C16H21Cl2NO4. The highest BCUT2D eigenvalue weighted by Crippen LogP contribution is 2.28. The minimum absolute atomic E-state index is 0.155. The van der Waals surface area contributed by atoms with Crippen molar-refractivity contribution in [2.24, 2.45) is 0 Å². The maximum atomic E-state index is 12.4. The van der Waals surface area contributed by atoms with E-state index in [0.717, 1.165) is 0 Å². The summed E-state index contributed by atoms with van der Waals surface area (Å²) < 4.78 is 10.5. The second kappa shape index (κ2) is 9.63. The van der Waals surface area contributed by atoms with Crippen molar-refractivity contribution in [3.8, 4) is 5.75 Å². The van der Waals surface area contributed by atoms with Gasteiger partial charge < -0.3 is 14.4 Å². The van der Waals surface area contributed by atoms with Gasteiger partial charge in [0.05, 0.1) is 18.1 Å². The number of hydrogen-bond donors (Lipinski definition) is 0. The van der Waals surface area contributed by atoms with Crippen molar-refractivity contribution < 1.29 is 19.1 Å². The van der Waals surface area contributed by atoms with E-state index in [4.69, 9.17) is 32.7 Å². The van der Waals surface area contributed by atoms with Crippen LogP contribution in [0.15, 0.2) is 18.2 Å². The Hall–Kier alpha value is -1.46. The number of nitrogens with zero attached hydrogens (tertiary/aromatic N) is 1. The largest absolute Gasteiger partial charge is 0.479 e. The molecule has 0 saturated heterocycles. The van der Waals surface area contributed by atoms with Crippen LogP contribution in [0.3, 0.4) is 0 Å². The van der Waals surface area contributed by atoms with Gasteiger partial charge in [-0.2, -0.15) is 0 Å². The van der Waals surface area contributed by atoms with E-state index in [1.165, 1.54) is 0 Å². The number of rotatable bonds is 8. The van der Waals surface area contributed by atoms with Crippen LogP contribution in [0.4, 0.5) is 0 Å². The van der Waals surface area contributed by atoms with Gasteiger partial charge in [-0.25, -0.2) is 0 Å². The molecular weight excluding hydrogens is 341 g/mol. The number of hydrogen-bond acceptors (Lipinski definition) is 4. The van der Waals surface area contributed by atoms with Gasteiger partial charge in [0.2, 0.25) is 0 Å². The van der Waals surface area contributed by atoms with E-state index in [9.17, 15) is 9.59 Å². The molecule has 0 N–H and O–H groups in total. The number of carbonyl (C=O) groups is 2. The first-order valence-corrected chi connectivity index (χ1v) is 8.20. The van der Waals surface area contributed by atoms with Crippen molar-refractivity contribution in [1.29, 1.82) is 0 Å². The molecule has 0 saturated carbocycles. The number of benzene rings is 1. The highest BCUT2D eigenvalue weighted by molar-refractivity contribution is 6.35. The Balaban J connectivity index is 2.63. The first-order valence-electron chi connectivity index (χ1n) is 7.45. The molecule has 0 aromatic heterocycles. The van der Waals surface area contributed by atoms with Gasteiger partial charge in [-0.3, -0.25) is 9.59 Å². The summed E-state index contributed by atoms with van der Waals surface area (Å²) in [7, 11) is 0. The first-order chi connectivity index (χ1) is 10.9. The molecule has 1 atom stereocenters. The number of amides is 1. The first kappa shape index (κ1) is 19.6. The third-order valence-corrected chi connectivity index (χ3v) is 3.66. The predicted molar refractivity (Wildman–Crippen MR) is 90.1 cm³/mol. The van der Waals surface area contributed by atoms with Crippen LogP contribution in [0.5, 0.6) is 5.75 Å². The van der Waals surface area contributed by atoms with Crippen molar-refractivity contribution in [1.82, 2.24) is 4.90 Å². The van der Waals surface area contributed by atoms with Gasteiger partial charge in [-0.1, -0.05) is 23.2 Å². The quantitative estimate of drug-likeness (QED) is 0.664. The van der Waals surface area contributed by atoms with Gasteiger partial charge in [-0.05, 0) is 39.0 Å². The second-order valence-corrected chi connectivity index (χ2v) is 5.65. The van der Waals surface area contributed by atoms with Crippen LogP contribution in [0.1, 0.15) is 27.2 Å². The zero-order valence-corrected chi connectivity index (χ0v) is 15.0. The molecule has 0 fully saturated rings. The summed E-state index contributed by atoms with van der Waals surface area (Å²) in [4.78, 5) is 25.4. The number of ether oxygens (including phenoxy) is 2. The van der Waals surface area contributed by atoms with Gasteiger partial charge in [0.15, 0.2) is 6.10 Å². The Kier molecular flexibility index (Phi) is 8.20. The molecule has 0 spiro atoms. The standard InChI is InChI=1S/C16H21Cl2NO4/c1-4-19(9-8-15(20)22-5-2)16(21)11(3)23-14-7-6-12(17)10-13(14)18/h6-7,10-11H,4-5,8-9H2,1-3H3. The van der Waals surface area contributed by atoms with Crippen LogP contribution in [0.2, 0.25) is 10.0 Å². The summed E-state index contributed by atoms with van der Waals surface area (Å²) in [6, 6.07) is 4.80. The maximum absolute atomic E-state index is 12.4. The Morgan fingerprint density at radius 3 is 2.52 bits per heavy atom. The van der Waals surface area contributed by atoms with E-state index < -0.39 is 6.10 Å². The second-order valence-electron chi connectivity index (χ2n) is 4.81. The Morgan fingerprint density at radius 2 is 1.96 bits per heavy atom. The fraction of sp³-hybridized carbons (Fsp3) is 0.500. The fourth-order valence-electron chi connectivity index (χ4n) is 1.95. The van der Waals surface area contributed by atoms with Crippen molar-refractivity contribution in [2.75, 3.05) is 19.7 Å². The van der Waals surface area contributed by atoms with Crippen molar-refractivity contribution in [3.05, 3.63) is 28.2 Å². The van der Waals surface area contributed by atoms with Crippen LogP contribution in [-0.2, 0) is 14.3 Å². The van der Waals surface area contributed by atoms with Gasteiger partial charge in [-0.15, -0.1) is 0 Å². The van der Waals surface area contributed by atoms with Crippen LogP contribution in [0, 0.1) is 0 Å². The van der Waals surface area contributed by atoms with Crippen LogP contribution in [0.25, 0.3) is 0 Å². The molecule has 1 aromatic rings. The SMILES string of the molecule is CCOC(=O)CCN(CC)C(=O)C(C)Oc1ccc(Cl)cc1Cl. The summed E-state index contributed by atoms with van der Waals surface area (Å²) in [6.07, 6.45) is -0.571. The van der Waals surface area contributed by atoms with E-state index in [1.54, 1.807) is 36.9 Å². The summed E-state index contributed by atoms with van der Waals surface area (Å²) >= 11 is 11.9. The van der Waals surface area contributed by atoms with Crippen molar-refractivity contribution >= 4 is 35.1 Å². The van der Waals surface area contributed by atoms with E-state index in [0.29, 0.717) is 28.9 Å². The van der Waals surface area contributed by atoms with Crippen molar-refractivity contribution in [2.45, 2.75) is 33.3 Å². The Bertz CT molecular complexity index is 551. The molecule has 1 unspecified atom stereocenters. The van der Waals surface area contributed by atoms with E-state index in [1.807, 2.05) is 6.92 Å². The molecule has 0 aliphatic heterocycles. The number of likely N-dealkylation sites (N-methyl/N-ethyl adjacent to an activating group) is 1. The highest BCUT2D eigenvalue weighted by Gasteiger charge is 2.22. The number of halogens is 2. The van der Waals surface area contributed by atoms with Crippen LogP contribution < -0.4 is 4.74 Å². The molecule has 0 aliphatic rings. The minimum atomic E-state index is -0.726. The normalized spacial score (nSPS) is 11.7. The zero-order chi connectivity index (χ0) is 17.4.